The van der Waals surface area contributed by atoms with Crippen LogP contribution >= 0.6 is 0 Å². The Morgan fingerprint density at radius 3 is 2.68 bits per heavy atom. The van der Waals surface area contributed by atoms with E-state index < -0.39 is 17.8 Å². The van der Waals surface area contributed by atoms with E-state index >= 15 is 0 Å². The number of hydrogen-bond acceptors (Lipinski definition) is 3. The average Bonchev–Trinajstić information content (AvgIpc) is 2.80. The second-order valence-corrected chi connectivity index (χ2v) is 4.45. The molecule has 0 unspecified atom stereocenters. The highest BCUT2D eigenvalue weighted by Crippen LogP contribution is 2.30. The highest BCUT2D eigenvalue weighted by molar-refractivity contribution is 6.04. The van der Waals surface area contributed by atoms with Crippen molar-refractivity contribution < 1.29 is 22.7 Å². The van der Waals surface area contributed by atoms with Crippen molar-refractivity contribution in [3.8, 4) is 5.75 Å². The largest absolute Gasteiger partial charge is 0.494 e. The number of halogens is 3. The summed E-state index contributed by atoms with van der Waals surface area (Å²) in [5, 5.41) is 5.97. The maximum atomic E-state index is 12.7. The van der Waals surface area contributed by atoms with E-state index in [-0.39, 0.29) is 11.4 Å². The summed E-state index contributed by atoms with van der Waals surface area (Å²) in [6.45, 7) is 2.25. The first-order valence-electron chi connectivity index (χ1n) is 6.46. The van der Waals surface area contributed by atoms with Crippen molar-refractivity contribution in [1.29, 1.82) is 0 Å². The van der Waals surface area contributed by atoms with Crippen LogP contribution in [0.2, 0.25) is 0 Å². The predicted molar refractivity (Wildman–Crippen MR) is 73.8 cm³/mol. The van der Waals surface area contributed by atoms with Crippen LogP contribution in [-0.2, 0) is 13.2 Å². The minimum absolute atomic E-state index is 0.165. The Morgan fingerprint density at radius 1 is 1.36 bits per heavy atom. The third-order valence-electron chi connectivity index (χ3n) is 2.82. The second kappa shape index (κ2) is 6.08. The lowest BCUT2D eigenvalue weighted by molar-refractivity contribution is -0.143. The van der Waals surface area contributed by atoms with Gasteiger partial charge in [-0.2, -0.15) is 18.3 Å². The zero-order chi connectivity index (χ0) is 16.3. The molecule has 1 N–H and O–H groups in total. The van der Waals surface area contributed by atoms with Crippen molar-refractivity contribution in [1.82, 2.24) is 9.78 Å². The van der Waals surface area contributed by atoms with Crippen LogP contribution in [0.15, 0.2) is 30.3 Å². The molecule has 0 saturated carbocycles. The molecule has 0 aliphatic heterocycles. The normalized spacial score (nSPS) is 11.3. The lowest BCUT2D eigenvalue weighted by Gasteiger charge is -2.05. The van der Waals surface area contributed by atoms with Gasteiger partial charge in [0.25, 0.3) is 5.91 Å². The number of ether oxygens (including phenoxy) is 1. The number of carbonyl (C=O) groups is 1. The number of aromatic nitrogens is 2. The van der Waals surface area contributed by atoms with E-state index in [2.05, 4.69) is 10.4 Å². The summed E-state index contributed by atoms with van der Waals surface area (Å²) in [6.07, 6.45) is -4.53. The molecule has 22 heavy (non-hydrogen) atoms. The first-order chi connectivity index (χ1) is 10.3. The van der Waals surface area contributed by atoms with Gasteiger partial charge in [0, 0.05) is 18.7 Å². The van der Waals surface area contributed by atoms with Gasteiger partial charge in [-0.1, -0.05) is 6.07 Å². The fourth-order valence-corrected chi connectivity index (χ4v) is 1.88. The first kappa shape index (κ1) is 15.9. The van der Waals surface area contributed by atoms with Crippen molar-refractivity contribution in [2.75, 3.05) is 11.9 Å². The van der Waals surface area contributed by atoms with Gasteiger partial charge in [0.15, 0.2) is 5.82 Å². The van der Waals surface area contributed by atoms with Crippen molar-refractivity contribution in [3.05, 3.63) is 41.6 Å². The number of carbonyl (C=O) groups excluding carboxylic acids is 1. The summed E-state index contributed by atoms with van der Waals surface area (Å²) >= 11 is 0. The van der Waals surface area contributed by atoms with E-state index in [0.29, 0.717) is 17.0 Å². The molecular formula is C14H14F3N3O2. The van der Waals surface area contributed by atoms with Gasteiger partial charge < -0.3 is 10.1 Å². The van der Waals surface area contributed by atoms with Gasteiger partial charge in [-0.3, -0.25) is 9.48 Å². The first-order valence-corrected chi connectivity index (χ1v) is 6.46. The van der Waals surface area contributed by atoms with E-state index in [9.17, 15) is 18.0 Å². The Morgan fingerprint density at radius 2 is 2.09 bits per heavy atom. The number of nitrogens with one attached hydrogen (secondary N) is 1. The maximum absolute atomic E-state index is 12.7. The van der Waals surface area contributed by atoms with Gasteiger partial charge in [0.1, 0.15) is 11.4 Å². The predicted octanol–water partition coefficient (Wildman–Crippen LogP) is 3.09. The SMILES string of the molecule is CCOc1cccc(C(=O)Nc2cc(C(F)(F)F)n(C)n2)c1. The zero-order valence-electron chi connectivity index (χ0n) is 11.9. The smallest absolute Gasteiger partial charge is 0.433 e. The molecule has 1 amide bonds. The van der Waals surface area contributed by atoms with Crippen LogP contribution in [0.25, 0.3) is 0 Å². The zero-order valence-corrected chi connectivity index (χ0v) is 11.9. The molecule has 8 heteroatoms. The Kier molecular flexibility index (Phi) is 4.39. The average molecular weight is 313 g/mol. The molecule has 0 aliphatic carbocycles. The number of benzene rings is 1. The van der Waals surface area contributed by atoms with Crippen LogP contribution in [-0.4, -0.2) is 22.3 Å². The molecule has 0 aliphatic rings. The van der Waals surface area contributed by atoms with Crippen molar-refractivity contribution >= 4 is 11.7 Å². The summed E-state index contributed by atoms with van der Waals surface area (Å²) in [4.78, 5) is 12.0. The minimum Gasteiger partial charge on any atom is -0.494 e. The van der Waals surface area contributed by atoms with Crippen LogP contribution in [0.3, 0.4) is 0 Å². The molecule has 1 heterocycles. The van der Waals surface area contributed by atoms with Gasteiger partial charge in [0.05, 0.1) is 6.61 Å². The number of hydrogen-bond donors (Lipinski definition) is 1. The molecule has 1 aromatic carbocycles. The molecule has 1 aromatic heterocycles. The third kappa shape index (κ3) is 3.57. The molecule has 118 valence electrons. The maximum Gasteiger partial charge on any atom is 0.433 e. The molecule has 0 fully saturated rings. The summed E-state index contributed by atoms with van der Waals surface area (Å²) in [7, 11) is 1.16. The van der Waals surface area contributed by atoms with E-state index in [1.807, 2.05) is 0 Å². The van der Waals surface area contributed by atoms with Gasteiger partial charge in [0.2, 0.25) is 0 Å². The van der Waals surface area contributed by atoms with Crippen LogP contribution in [0.5, 0.6) is 5.75 Å². The molecule has 2 rings (SSSR count). The molecule has 0 atom stereocenters. The Bertz CT molecular complexity index is 680. The molecule has 0 bridgehead atoms. The van der Waals surface area contributed by atoms with Gasteiger partial charge in [-0.15, -0.1) is 0 Å². The number of aryl methyl sites for hydroxylation is 1. The van der Waals surface area contributed by atoms with E-state index in [1.165, 1.54) is 12.1 Å². The quantitative estimate of drug-likeness (QED) is 0.943. The monoisotopic (exact) mass is 313 g/mol. The molecular weight excluding hydrogens is 299 g/mol. The highest BCUT2D eigenvalue weighted by Gasteiger charge is 2.35. The lowest BCUT2D eigenvalue weighted by Crippen LogP contribution is -2.12. The number of rotatable bonds is 4. The molecule has 0 saturated heterocycles. The third-order valence-corrected chi connectivity index (χ3v) is 2.82. The number of amides is 1. The summed E-state index contributed by atoms with van der Waals surface area (Å²) in [5.41, 5.74) is -0.670. The lowest BCUT2D eigenvalue weighted by atomic mass is 10.2. The fourth-order valence-electron chi connectivity index (χ4n) is 1.88. The Hall–Kier alpha value is -2.51. The summed E-state index contributed by atoms with van der Waals surface area (Å²) in [6, 6.07) is 7.13. The molecule has 5 nitrogen and oxygen atoms in total. The van der Waals surface area contributed by atoms with E-state index in [0.717, 1.165) is 13.1 Å². The number of anilines is 1. The number of alkyl halides is 3. The van der Waals surface area contributed by atoms with Crippen molar-refractivity contribution in [3.63, 3.8) is 0 Å². The summed E-state index contributed by atoms with van der Waals surface area (Å²) in [5.74, 6) is -0.220. The molecule has 0 radical (unpaired) electrons. The van der Waals surface area contributed by atoms with Crippen molar-refractivity contribution in [2.45, 2.75) is 13.1 Å². The molecule has 0 spiro atoms. The Balaban J connectivity index is 2.17. The topological polar surface area (TPSA) is 56.1 Å². The standard InChI is InChI=1S/C14H14F3N3O2/c1-3-22-10-6-4-5-9(7-10)13(21)18-12-8-11(14(15,16)17)20(2)19-12/h4-8H,3H2,1-2H3,(H,18,19,21). The highest BCUT2D eigenvalue weighted by atomic mass is 19.4. The van der Waals surface area contributed by atoms with E-state index in [4.69, 9.17) is 4.74 Å². The fraction of sp³-hybridized carbons (Fsp3) is 0.286. The van der Waals surface area contributed by atoms with Crippen molar-refractivity contribution in [2.24, 2.45) is 7.05 Å². The van der Waals surface area contributed by atoms with Crippen LogP contribution in [0.1, 0.15) is 23.0 Å². The Labute approximate surface area is 124 Å². The van der Waals surface area contributed by atoms with E-state index in [1.54, 1.807) is 19.1 Å². The van der Waals surface area contributed by atoms with Crippen LogP contribution in [0, 0.1) is 0 Å². The van der Waals surface area contributed by atoms with Crippen LogP contribution in [0.4, 0.5) is 19.0 Å². The number of nitrogens with zero attached hydrogens (tertiary/aromatic N) is 2. The van der Waals surface area contributed by atoms with Gasteiger partial charge in [-0.25, -0.2) is 0 Å². The van der Waals surface area contributed by atoms with Gasteiger partial charge >= 0.3 is 6.18 Å². The minimum atomic E-state index is -4.53. The second-order valence-electron chi connectivity index (χ2n) is 4.45. The molecule has 2 aromatic rings. The summed E-state index contributed by atoms with van der Waals surface area (Å²) < 4.78 is 43.9. The van der Waals surface area contributed by atoms with Crippen LogP contribution < -0.4 is 10.1 Å². The van der Waals surface area contributed by atoms with Gasteiger partial charge in [-0.05, 0) is 25.1 Å².